The number of fused-ring (bicyclic) bond motifs is 1. The lowest BCUT2D eigenvalue weighted by atomic mass is 9.96. The largest absolute Gasteiger partial charge is 0.265 e. The van der Waals surface area contributed by atoms with Gasteiger partial charge in [-0.3, -0.25) is 4.98 Å². The normalized spacial score (nSPS) is 11.0. The second-order valence-corrected chi connectivity index (χ2v) is 7.64. The van der Waals surface area contributed by atoms with Crippen LogP contribution in [0.5, 0.6) is 0 Å². The van der Waals surface area contributed by atoms with Crippen LogP contribution in [0.3, 0.4) is 0 Å². The molecule has 30 heavy (non-hydrogen) atoms. The maximum atomic E-state index is 4.10. The number of hydrogen-bond acceptors (Lipinski definition) is 1. The molecular weight excluding hydrogens is 362 g/mol. The Morgan fingerprint density at radius 3 is 1.43 bits per heavy atom. The fourth-order valence-corrected chi connectivity index (χ4v) is 3.94. The molecule has 0 saturated carbocycles. The second-order valence-electron chi connectivity index (χ2n) is 7.64. The molecule has 144 valence electrons. The van der Waals surface area contributed by atoms with Crippen molar-refractivity contribution in [2.75, 3.05) is 0 Å². The van der Waals surface area contributed by atoms with E-state index in [1.807, 2.05) is 24.5 Å². The molecular formula is C29H23N. The quantitative estimate of drug-likeness (QED) is 0.307. The van der Waals surface area contributed by atoms with Crippen molar-refractivity contribution in [1.82, 2.24) is 4.98 Å². The molecule has 0 saturated heterocycles. The summed E-state index contributed by atoms with van der Waals surface area (Å²) in [5.74, 6) is 0. The first-order chi connectivity index (χ1) is 14.8. The minimum atomic E-state index is 1.07. The van der Waals surface area contributed by atoms with E-state index < -0.39 is 0 Å². The first-order valence-electron chi connectivity index (χ1n) is 10.4. The molecule has 0 aliphatic rings. The Labute approximate surface area is 177 Å². The summed E-state index contributed by atoms with van der Waals surface area (Å²) in [4.78, 5) is 4.10. The van der Waals surface area contributed by atoms with Crippen LogP contribution in [0.4, 0.5) is 0 Å². The van der Waals surface area contributed by atoms with Gasteiger partial charge in [-0.15, -0.1) is 0 Å². The number of pyridine rings is 1. The van der Waals surface area contributed by atoms with E-state index in [9.17, 15) is 0 Å². The highest BCUT2D eigenvalue weighted by Gasteiger charge is 2.04. The van der Waals surface area contributed by atoms with Gasteiger partial charge in [0, 0.05) is 12.4 Å². The summed E-state index contributed by atoms with van der Waals surface area (Å²) >= 11 is 0. The molecule has 0 atom stereocenters. The van der Waals surface area contributed by atoms with E-state index >= 15 is 0 Å². The van der Waals surface area contributed by atoms with Crippen molar-refractivity contribution < 1.29 is 0 Å². The Morgan fingerprint density at radius 1 is 0.467 bits per heavy atom. The van der Waals surface area contributed by atoms with Crippen molar-refractivity contribution in [1.29, 1.82) is 0 Å². The van der Waals surface area contributed by atoms with Gasteiger partial charge in [0.05, 0.1) is 0 Å². The second kappa shape index (κ2) is 7.96. The van der Waals surface area contributed by atoms with Gasteiger partial charge in [0.25, 0.3) is 0 Å². The Morgan fingerprint density at radius 2 is 0.900 bits per heavy atom. The maximum absolute atomic E-state index is 4.10. The highest BCUT2D eigenvalue weighted by molar-refractivity contribution is 5.91. The smallest absolute Gasteiger partial charge is 0.0273 e. The predicted octanol–water partition coefficient (Wildman–Crippen LogP) is 7.80. The van der Waals surface area contributed by atoms with Crippen LogP contribution in [0.1, 0.15) is 12.5 Å². The van der Waals surface area contributed by atoms with Gasteiger partial charge in [0.1, 0.15) is 0 Å². The van der Waals surface area contributed by atoms with Gasteiger partial charge in [-0.05, 0) is 80.4 Å². The SMILES string of the molecule is CCc1ccc(-c2ccc3ccc(-c4ccc(-c5ccncc5)cc4)cc3c2)cc1. The van der Waals surface area contributed by atoms with E-state index in [0.717, 1.165) is 6.42 Å². The van der Waals surface area contributed by atoms with Crippen LogP contribution in [0.2, 0.25) is 0 Å². The average Bonchev–Trinajstić information content (AvgIpc) is 2.84. The predicted molar refractivity (Wildman–Crippen MR) is 127 cm³/mol. The fourth-order valence-electron chi connectivity index (χ4n) is 3.94. The summed E-state index contributed by atoms with van der Waals surface area (Å²) < 4.78 is 0. The first-order valence-corrected chi connectivity index (χ1v) is 10.4. The van der Waals surface area contributed by atoms with Crippen LogP contribution >= 0.6 is 0 Å². The van der Waals surface area contributed by atoms with Gasteiger partial charge in [0.15, 0.2) is 0 Å². The third-order valence-corrected chi connectivity index (χ3v) is 5.77. The third-order valence-electron chi connectivity index (χ3n) is 5.77. The third kappa shape index (κ3) is 3.62. The van der Waals surface area contributed by atoms with Crippen molar-refractivity contribution in [3.05, 3.63) is 115 Å². The Hall–Kier alpha value is -3.71. The topological polar surface area (TPSA) is 12.9 Å². The van der Waals surface area contributed by atoms with Gasteiger partial charge < -0.3 is 0 Å². The Bertz CT molecular complexity index is 1280. The molecule has 4 aromatic carbocycles. The van der Waals surface area contributed by atoms with E-state index in [4.69, 9.17) is 0 Å². The fraction of sp³-hybridized carbons (Fsp3) is 0.0690. The summed E-state index contributed by atoms with van der Waals surface area (Å²) in [6.07, 6.45) is 4.74. The molecule has 1 aromatic heterocycles. The molecule has 5 aromatic rings. The summed E-state index contributed by atoms with van der Waals surface area (Å²) in [5.41, 5.74) is 8.76. The van der Waals surface area contributed by atoms with Gasteiger partial charge in [0.2, 0.25) is 0 Å². The molecule has 1 heteroatoms. The van der Waals surface area contributed by atoms with E-state index in [0.29, 0.717) is 0 Å². The van der Waals surface area contributed by atoms with Crippen LogP contribution in [-0.4, -0.2) is 4.98 Å². The van der Waals surface area contributed by atoms with Gasteiger partial charge in [-0.2, -0.15) is 0 Å². The van der Waals surface area contributed by atoms with Gasteiger partial charge in [-0.25, -0.2) is 0 Å². The molecule has 1 nitrogen and oxygen atoms in total. The molecule has 0 N–H and O–H groups in total. The summed E-state index contributed by atoms with van der Waals surface area (Å²) in [6, 6.07) is 35.2. The molecule has 0 fully saturated rings. The van der Waals surface area contributed by atoms with E-state index in [-0.39, 0.29) is 0 Å². The lowest BCUT2D eigenvalue weighted by Gasteiger charge is -2.09. The number of benzene rings is 4. The molecule has 0 radical (unpaired) electrons. The van der Waals surface area contributed by atoms with Crippen molar-refractivity contribution in [2.24, 2.45) is 0 Å². The van der Waals surface area contributed by atoms with Gasteiger partial charge in [-0.1, -0.05) is 79.7 Å². The van der Waals surface area contributed by atoms with Crippen LogP contribution in [0.15, 0.2) is 109 Å². The maximum Gasteiger partial charge on any atom is 0.0273 e. The molecule has 1 heterocycles. The van der Waals surface area contributed by atoms with Crippen LogP contribution in [0.25, 0.3) is 44.2 Å². The highest BCUT2D eigenvalue weighted by Crippen LogP contribution is 2.30. The standard InChI is InChI=1S/C29H23N/c1-2-21-3-5-23(6-4-21)27-13-11-25-12-14-28(20-29(25)19-27)24-9-7-22(8-10-24)26-15-17-30-18-16-26/h3-20H,2H2,1H3. The first kappa shape index (κ1) is 18.3. The van der Waals surface area contributed by atoms with Crippen LogP contribution in [-0.2, 0) is 6.42 Å². The number of nitrogens with zero attached hydrogens (tertiary/aromatic N) is 1. The minimum absolute atomic E-state index is 1.07. The number of aryl methyl sites for hydroxylation is 1. The number of rotatable bonds is 4. The molecule has 0 aliphatic carbocycles. The molecule has 0 spiro atoms. The van der Waals surface area contributed by atoms with Crippen molar-refractivity contribution in [2.45, 2.75) is 13.3 Å². The van der Waals surface area contributed by atoms with Crippen molar-refractivity contribution in [3.8, 4) is 33.4 Å². The monoisotopic (exact) mass is 385 g/mol. The average molecular weight is 386 g/mol. The van der Waals surface area contributed by atoms with E-state index in [1.54, 1.807) is 0 Å². The summed E-state index contributed by atoms with van der Waals surface area (Å²) in [7, 11) is 0. The Kier molecular flexibility index (Phi) is 4.86. The number of aromatic nitrogens is 1. The number of hydrogen-bond donors (Lipinski definition) is 0. The molecule has 0 unspecified atom stereocenters. The van der Waals surface area contributed by atoms with Gasteiger partial charge >= 0.3 is 0 Å². The highest BCUT2D eigenvalue weighted by atomic mass is 14.6. The van der Waals surface area contributed by atoms with E-state index in [1.165, 1.54) is 49.7 Å². The summed E-state index contributed by atoms with van der Waals surface area (Å²) in [6.45, 7) is 2.19. The minimum Gasteiger partial charge on any atom is -0.265 e. The summed E-state index contributed by atoms with van der Waals surface area (Å²) in [5, 5.41) is 2.53. The zero-order valence-corrected chi connectivity index (χ0v) is 17.0. The molecule has 0 aliphatic heterocycles. The van der Waals surface area contributed by atoms with E-state index in [2.05, 4.69) is 96.8 Å². The van der Waals surface area contributed by atoms with Crippen LogP contribution < -0.4 is 0 Å². The van der Waals surface area contributed by atoms with Crippen molar-refractivity contribution in [3.63, 3.8) is 0 Å². The van der Waals surface area contributed by atoms with Crippen molar-refractivity contribution >= 4 is 10.8 Å². The Balaban J connectivity index is 1.49. The molecule has 5 rings (SSSR count). The molecule has 0 bridgehead atoms. The zero-order valence-electron chi connectivity index (χ0n) is 17.0. The van der Waals surface area contributed by atoms with Crippen LogP contribution in [0, 0.1) is 0 Å². The zero-order chi connectivity index (χ0) is 20.3. The lowest BCUT2D eigenvalue weighted by Crippen LogP contribution is -1.84. The molecule has 0 amide bonds. The lowest BCUT2D eigenvalue weighted by molar-refractivity contribution is 1.14.